The van der Waals surface area contributed by atoms with E-state index in [-0.39, 0.29) is 22.1 Å². The molecule has 0 fully saturated rings. The Morgan fingerprint density at radius 1 is 1.05 bits per heavy atom. The second-order valence-electron chi connectivity index (χ2n) is 3.72. The summed E-state index contributed by atoms with van der Waals surface area (Å²) in [5.41, 5.74) is 5.51. The van der Waals surface area contributed by atoms with E-state index in [1.807, 2.05) is 0 Å². The normalized spacial score (nSPS) is 10.6. The molecule has 0 heterocycles. The van der Waals surface area contributed by atoms with E-state index in [1.54, 1.807) is 0 Å². The van der Waals surface area contributed by atoms with Crippen LogP contribution in [0.5, 0.6) is 0 Å². The Morgan fingerprint density at radius 2 is 1.68 bits per heavy atom. The quantitative estimate of drug-likeness (QED) is 0.759. The highest BCUT2D eigenvalue weighted by Crippen LogP contribution is 2.36. The van der Waals surface area contributed by atoms with Gasteiger partial charge in [-0.25, -0.2) is 13.2 Å². The fourth-order valence-corrected chi connectivity index (χ4v) is 2.38. The number of rotatable bonds is 2. The molecule has 0 amide bonds. The zero-order chi connectivity index (χ0) is 14.2. The molecule has 0 atom stereocenters. The lowest BCUT2D eigenvalue weighted by Crippen LogP contribution is -2.01. The summed E-state index contributed by atoms with van der Waals surface area (Å²) in [6.45, 7) is 0. The summed E-state index contributed by atoms with van der Waals surface area (Å²) in [6, 6.07) is 3.92. The van der Waals surface area contributed by atoms with Gasteiger partial charge in [-0.1, -0.05) is 11.6 Å². The first-order valence-electron chi connectivity index (χ1n) is 5.04. The molecule has 2 rings (SSSR count). The Bertz CT molecular complexity index is 626. The van der Waals surface area contributed by atoms with Crippen LogP contribution in [-0.4, -0.2) is 0 Å². The molecule has 0 aromatic heterocycles. The van der Waals surface area contributed by atoms with Gasteiger partial charge in [0.1, 0.15) is 11.6 Å². The lowest BCUT2D eigenvalue weighted by molar-refractivity contribution is 0.587. The predicted molar refractivity (Wildman–Crippen MR) is 73.2 cm³/mol. The van der Waals surface area contributed by atoms with E-state index in [2.05, 4.69) is 21.2 Å². The first kappa shape index (κ1) is 14.0. The fourth-order valence-electron chi connectivity index (χ4n) is 1.48. The van der Waals surface area contributed by atoms with Gasteiger partial charge in [0.2, 0.25) is 0 Å². The molecule has 0 saturated heterocycles. The number of hydrogen-bond donors (Lipinski definition) is 2. The average molecular weight is 352 g/mol. The van der Waals surface area contributed by atoms with Crippen molar-refractivity contribution in [2.75, 3.05) is 11.1 Å². The molecular formula is C12H7BrClF3N2. The molecule has 0 saturated carbocycles. The van der Waals surface area contributed by atoms with E-state index >= 15 is 0 Å². The summed E-state index contributed by atoms with van der Waals surface area (Å²) < 4.78 is 39.8. The second kappa shape index (κ2) is 5.30. The molecule has 2 aromatic carbocycles. The molecule has 3 N–H and O–H groups in total. The molecule has 0 radical (unpaired) electrons. The first-order chi connectivity index (χ1) is 8.88. The van der Waals surface area contributed by atoms with Gasteiger partial charge >= 0.3 is 0 Å². The third-order valence-corrected chi connectivity index (χ3v) is 3.28. The summed E-state index contributed by atoms with van der Waals surface area (Å²) >= 11 is 8.96. The van der Waals surface area contributed by atoms with Gasteiger partial charge in [0.15, 0.2) is 5.82 Å². The Kier molecular flexibility index (Phi) is 3.91. The zero-order valence-electron chi connectivity index (χ0n) is 9.28. The Hall–Kier alpha value is -1.40. The van der Waals surface area contributed by atoms with Gasteiger partial charge in [-0.2, -0.15) is 0 Å². The van der Waals surface area contributed by atoms with Crippen molar-refractivity contribution in [1.82, 2.24) is 0 Å². The highest BCUT2D eigenvalue weighted by Gasteiger charge is 2.13. The Morgan fingerprint density at radius 3 is 2.32 bits per heavy atom. The minimum absolute atomic E-state index is 0.00621. The standard InChI is InChI=1S/C12H7BrClF3N2/c13-7-1-5(15)2-8(14)12(7)19-10-4-6(16)3-9(17)11(10)18/h1-4,19H,18H2. The third-order valence-electron chi connectivity index (χ3n) is 2.36. The van der Waals surface area contributed by atoms with Crippen LogP contribution >= 0.6 is 27.5 Å². The van der Waals surface area contributed by atoms with Crippen LogP contribution in [0.1, 0.15) is 0 Å². The van der Waals surface area contributed by atoms with Crippen molar-refractivity contribution in [1.29, 1.82) is 0 Å². The summed E-state index contributed by atoms with van der Waals surface area (Å²) in [4.78, 5) is 0. The van der Waals surface area contributed by atoms with E-state index in [0.717, 1.165) is 12.1 Å². The SMILES string of the molecule is Nc1c(F)cc(F)cc1Nc1c(Cl)cc(F)cc1Br. The van der Waals surface area contributed by atoms with Gasteiger partial charge in [-0.15, -0.1) is 0 Å². The van der Waals surface area contributed by atoms with Crippen LogP contribution in [0.15, 0.2) is 28.7 Å². The fraction of sp³-hybridized carbons (Fsp3) is 0. The van der Waals surface area contributed by atoms with Gasteiger partial charge in [0, 0.05) is 10.5 Å². The maximum Gasteiger partial charge on any atom is 0.151 e. The summed E-state index contributed by atoms with van der Waals surface area (Å²) in [5.74, 6) is -2.22. The van der Waals surface area contributed by atoms with Crippen molar-refractivity contribution in [3.05, 3.63) is 51.2 Å². The van der Waals surface area contributed by atoms with Crippen LogP contribution in [0.3, 0.4) is 0 Å². The molecule has 2 nitrogen and oxygen atoms in total. The molecule has 0 bridgehead atoms. The first-order valence-corrected chi connectivity index (χ1v) is 6.21. The molecule has 0 aliphatic carbocycles. The van der Waals surface area contributed by atoms with Gasteiger partial charge in [0.25, 0.3) is 0 Å². The average Bonchev–Trinajstić information content (AvgIpc) is 2.29. The molecule has 0 aliphatic heterocycles. The lowest BCUT2D eigenvalue weighted by Gasteiger charge is -2.13. The van der Waals surface area contributed by atoms with Crippen molar-refractivity contribution < 1.29 is 13.2 Å². The van der Waals surface area contributed by atoms with Crippen molar-refractivity contribution in [2.45, 2.75) is 0 Å². The summed E-state index contributed by atoms with van der Waals surface area (Å²) in [5, 5.41) is 2.72. The molecule has 0 unspecified atom stereocenters. The number of nitrogen functional groups attached to an aromatic ring is 1. The van der Waals surface area contributed by atoms with Crippen LogP contribution in [-0.2, 0) is 0 Å². The highest BCUT2D eigenvalue weighted by atomic mass is 79.9. The lowest BCUT2D eigenvalue weighted by atomic mass is 10.2. The molecule has 0 spiro atoms. The Balaban J connectivity index is 2.48. The maximum atomic E-state index is 13.3. The predicted octanol–water partition coefficient (Wildman–Crippen LogP) is 4.85. The number of nitrogens with two attached hydrogens (primary N) is 1. The van der Waals surface area contributed by atoms with E-state index < -0.39 is 17.5 Å². The van der Waals surface area contributed by atoms with E-state index in [0.29, 0.717) is 10.5 Å². The highest BCUT2D eigenvalue weighted by molar-refractivity contribution is 9.10. The largest absolute Gasteiger partial charge is 0.395 e. The van der Waals surface area contributed by atoms with Crippen LogP contribution in [0.25, 0.3) is 0 Å². The summed E-state index contributed by atoms with van der Waals surface area (Å²) in [7, 11) is 0. The molecule has 7 heteroatoms. The van der Waals surface area contributed by atoms with E-state index in [9.17, 15) is 13.2 Å². The smallest absolute Gasteiger partial charge is 0.151 e. The molecule has 19 heavy (non-hydrogen) atoms. The van der Waals surface area contributed by atoms with Crippen molar-refractivity contribution in [2.24, 2.45) is 0 Å². The van der Waals surface area contributed by atoms with Crippen LogP contribution < -0.4 is 11.1 Å². The number of nitrogens with one attached hydrogen (secondary N) is 1. The summed E-state index contributed by atoms with van der Waals surface area (Å²) in [6.07, 6.45) is 0. The minimum atomic E-state index is -0.892. The Labute approximate surface area is 120 Å². The van der Waals surface area contributed by atoms with Crippen molar-refractivity contribution in [3.63, 3.8) is 0 Å². The van der Waals surface area contributed by atoms with Crippen LogP contribution in [0.4, 0.5) is 30.2 Å². The molecule has 0 aliphatic rings. The zero-order valence-corrected chi connectivity index (χ0v) is 11.6. The monoisotopic (exact) mass is 350 g/mol. The third kappa shape index (κ3) is 2.96. The molecule has 2 aromatic rings. The molecular weight excluding hydrogens is 344 g/mol. The maximum absolute atomic E-state index is 13.3. The number of hydrogen-bond acceptors (Lipinski definition) is 2. The van der Waals surface area contributed by atoms with Gasteiger partial charge in [-0.3, -0.25) is 0 Å². The molecule has 100 valence electrons. The van der Waals surface area contributed by atoms with Gasteiger partial charge in [-0.05, 0) is 34.1 Å². The van der Waals surface area contributed by atoms with E-state index in [1.165, 1.54) is 6.07 Å². The van der Waals surface area contributed by atoms with E-state index in [4.69, 9.17) is 17.3 Å². The van der Waals surface area contributed by atoms with Crippen molar-refractivity contribution in [3.8, 4) is 0 Å². The number of halogens is 5. The van der Waals surface area contributed by atoms with Crippen LogP contribution in [0.2, 0.25) is 5.02 Å². The second-order valence-corrected chi connectivity index (χ2v) is 4.98. The van der Waals surface area contributed by atoms with Gasteiger partial charge in [0.05, 0.1) is 22.1 Å². The van der Waals surface area contributed by atoms with Crippen molar-refractivity contribution >= 4 is 44.6 Å². The minimum Gasteiger partial charge on any atom is -0.395 e. The van der Waals surface area contributed by atoms with Crippen LogP contribution in [0, 0.1) is 17.5 Å². The van der Waals surface area contributed by atoms with Gasteiger partial charge < -0.3 is 11.1 Å². The topological polar surface area (TPSA) is 38.0 Å². The number of benzene rings is 2. The number of anilines is 3.